The molecule has 0 bridgehead atoms. The maximum Gasteiger partial charge on any atom is 0.0896 e. The van der Waals surface area contributed by atoms with Crippen LogP contribution in [0.1, 0.15) is 25.7 Å². The van der Waals surface area contributed by atoms with Crippen LogP contribution in [0.15, 0.2) is 15.9 Å². The summed E-state index contributed by atoms with van der Waals surface area (Å²) in [7, 11) is 0. The minimum absolute atomic E-state index is 0.324. The number of nitrogens with two attached hydrogens (primary N) is 1. The van der Waals surface area contributed by atoms with Gasteiger partial charge in [0.2, 0.25) is 0 Å². The lowest BCUT2D eigenvalue weighted by molar-refractivity contribution is 0.404. The molecule has 78 valence electrons. The Morgan fingerprint density at radius 1 is 1.43 bits per heavy atom. The minimum Gasteiger partial charge on any atom is -0.373 e. The van der Waals surface area contributed by atoms with E-state index in [-0.39, 0.29) is 0 Å². The second-order valence-electron chi connectivity index (χ2n) is 3.83. The van der Waals surface area contributed by atoms with E-state index in [1.54, 1.807) is 11.3 Å². The first-order valence-electron chi connectivity index (χ1n) is 5.02. The van der Waals surface area contributed by atoms with Crippen LogP contribution in [0.4, 0.5) is 5.00 Å². The molecule has 2 rings (SSSR count). The highest BCUT2D eigenvalue weighted by molar-refractivity contribution is 9.10. The summed E-state index contributed by atoms with van der Waals surface area (Å²) >= 11 is 5.18. The average molecular weight is 275 g/mol. The molecule has 1 aliphatic rings. The maximum atomic E-state index is 6.06. The average Bonchev–Trinajstić information content (AvgIpc) is 2.56. The van der Waals surface area contributed by atoms with E-state index in [1.807, 2.05) is 0 Å². The lowest BCUT2D eigenvalue weighted by Gasteiger charge is -2.29. The Kier molecular flexibility index (Phi) is 3.47. The summed E-state index contributed by atoms with van der Waals surface area (Å²) < 4.78 is 1.15. The molecule has 2 atom stereocenters. The highest BCUT2D eigenvalue weighted by Crippen LogP contribution is 2.27. The zero-order chi connectivity index (χ0) is 9.97. The van der Waals surface area contributed by atoms with E-state index in [4.69, 9.17) is 5.73 Å². The molecule has 3 N–H and O–H groups in total. The number of halogens is 1. The topological polar surface area (TPSA) is 38.0 Å². The second-order valence-corrected chi connectivity index (χ2v) is 5.66. The van der Waals surface area contributed by atoms with Crippen molar-refractivity contribution in [2.45, 2.75) is 37.8 Å². The molecular formula is C10H15BrN2S. The van der Waals surface area contributed by atoms with Crippen LogP contribution in [-0.4, -0.2) is 12.1 Å². The lowest BCUT2D eigenvalue weighted by Crippen LogP contribution is -2.42. The van der Waals surface area contributed by atoms with E-state index in [1.165, 1.54) is 24.3 Å². The van der Waals surface area contributed by atoms with Gasteiger partial charge in [-0.2, -0.15) is 0 Å². The molecule has 1 aliphatic carbocycles. The van der Waals surface area contributed by atoms with Gasteiger partial charge >= 0.3 is 0 Å². The molecule has 1 fully saturated rings. The number of anilines is 1. The molecule has 2 unspecified atom stereocenters. The minimum atomic E-state index is 0.324. The molecule has 1 aromatic heterocycles. The van der Waals surface area contributed by atoms with Crippen LogP contribution >= 0.6 is 27.3 Å². The van der Waals surface area contributed by atoms with Crippen LogP contribution in [0.25, 0.3) is 0 Å². The van der Waals surface area contributed by atoms with Crippen LogP contribution in [0, 0.1) is 0 Å². The first-order valence-corrected chi connectivity index (χ1v) is 6.69. The molecule has 0 aliphatic heterocycles. The largest absolute Gasteiger partial charge is 0.373 e. The summed E-state index contributed by atoms with van der Waals surface area (Å²) in [6.45, 7) is 0. The van der Waals surface area contributed by atoms with Gasteiger partial charge in [-0.05, 0) is 34.8 Å². The van der Waals surface area contributed by atoms with E-state index in [9.17, 15) is 0 Å². The summed E-state index contributed by atoms with van der Waals surface area (Å²) in [5.74, 6) is 0. The zero-order valence-corrected chi connectivity index (χ0v) is 10.4. The van der Waals surface area contributed by atoms with E-state index in [0.717, 1.165) is 10.9 Å². The van der Waals surface area contributed by atoms with E-state index in [2.05, 4.69) is 32.7 Å². The Balaban J connectivity index is 1.95. The van der Waals surface area contributed by atoms with Gasteiger partial charge < -0.3 is 11.1 Å². The molecule has 0 radical (unpaired) electrons. The molecule has 1 heterocycles. The number of hydrogen-bond donors (Lipinski definition) is 2. The van der Waals surface area contributed by atoms with Crippen molar-refractivity contribution < 1.29 is 0 Å². The smallest absolute Gasteiger partial charge is 0.0896 e. The number of thiophene rings is 1. The van der Waals surface area contributed by atoms with E-state index < -0.39 is 0 Å². The van der Waals surface area contributed by atoms with E-state index in [0.29, 0.717) is 12.1 Å². The molecular weight excluding hydrogens is 260 g/mol. The summed E-state index contributed by atoms with van der Waals surface area (Å²) in [6, 6.07) is 2.91. The third kappa shape index (κ3) is 2.49. The van der Waals surface area contributed by atoms with Gasteiger partial charge in [0.05, 0.1) is 5.00 Å². The van der Waals surface area contributed by atoms with Gasteiger partial charge in [-0.15, -0.1) is 11.3 Å². The fraction of sp³-hybridized carbons (Fsp3) is 0.600. The van der Waals surface area contributed by atoms with Crippen molar-refractivity contribution >= 4 is 32.3 Å². The molecule has 14 heavy (non-hydrogen) atoms. The van der Waals surface area contributed by atoms with Crippen LogP contribution in [-0.2, 0) is 0 Å². The molecule has 4 heteroatoms. The molecule has 1 aromatic rings. The Morgan fingerprint density at radius 3 is 2.86 bits per heavy atom. The van der Waals surface area contributed by atoms with Crippen LogP contribution in [0.5, 0.6) is 0 Å². The van der Waals surface area contributed by atoms with Crippen molar-refractivity contribution in [1.29, 1.82) is 0 Å². The Hall–Kier alpha value is -0.0600. The van der Waals surface area contributed by atoms with Crippen molar-refractivity contribution in [1.82, 2.24) is 0 Å². The van der Waals surface area contributed by atoms with Crippen LogP contribution in [0.2, 0.25) is 0 Å². The molecule has 0 aromatic carbocycles. The fourth-order valence-electron chi connectivity index (χ4n) is 1.91. The quantitative estimate of drug-likeness (QED) is 0.869. The van der Waals surface area contributed by atoms with Crippen LogP contribution < -0.4 is 11.1 Å². The first-order chi connectivity index (χ1) is 6.75. The summed E-state index contributed by atoms with van der Waals surface area (Å²) in [5.41, 5.74) is 6.06. The zero-order valence-electron chi connectivity index (χ0n) is 8.00. The third-order valence-electron chi connectivity index (χ3n) is 2.71. The monoisotopic (exact) mass is 274 g/mol. The third-order valence-corrected chi connectivity index (χ3v) is 4.34. The van der Waals surface area contributed by atoms with E-state index >= 15 is 0 Å². The summed E-state index contributed by atoms with van der Waals surface area (Å²) in [5, 5.41) is 6.83. The predicted octanol–water partition coefficient (Wildman–Crippen LogP) is 3.19. The van der Waals surface area contributed by atoms with Crippen LogP contribution in [0.3, 0.4) is 0 Å². The first kappa shape index (κ1) is 10.5. The molecule has 2 nitrogen and oxygen atoms in total. The normalized spacial score (nSPS) is 27.6. The number of hydrogen-bond acceptors (Lipinski definition) is 3. The van der Waals surface area contributed by atoms with Gasteiger partial charge in [0, 0.05) is 21.9 Å². The molecule has 1 saturated carbocycles. The Bertz CT molecular complexity index is 300. The Morgan fingerprint density at radius 2 is 2.21 bits per heavy atom. The predicted molar refractivity (Wildman–Crippen MR) is 65.9 cm³/mol. The summed E-state index contributed by atoms with van der Waals surface area (Å²) in [4.78, 5) is 0. The van der Waals surface area contributed by atoms with Gasteiger partial charge in [-0.3, -0.25) is 0 Å². The van der Waals surface area contributed by atoms with Gasteiger partial charge in [0.1, 0.15) is 0 Å². The fourth-order valence-corrected chi connectivity index (χ4v) is 3.29. The lowest BCUT2D eigenvalue weighted by atomic mass is 9.91. The second kappa shape index (κ2) is 4.64. The number of nitrogens with one attached hydrogen (secondary N) is 1. The highest BCUT2D eigenvalue weighted by atomic mass is 79.9. The van der Waals surface area contributed by atoms with Crippen molar-refractivity contribution in [2.24, 2.45) is 5.73 Å². The van der Waals surface area contributed by atoms with Crippen molar-refractivity contribution in [3.63, 3.8) is 0 Å². The Labute approximate surface area is 97.0 Å². The van der Waals surface area contributed by atoms with Gasteiger partial charge in [-0.25, -0.2) is 0 Å². The maximum absolute atomic E-state index is 6.06. The van der Waals surface area contributed by atoms with Crippen molar-refractivity contribution in [3.05, 3.63) is 15.9 Å². The van der Waals surface area contributed by atoms with Gasteiger partial charge in [-0.1, -0.05) is 12.8 Å². The standard InChI is InChI=1S/C10H15BrN2S/c11-7-5-10(14-6-7)13-9-4-2-1-3-8(9)12/h5-6,8-9,13H,1-4,12H2. The summed E-state index contributed by atoms with van der Waals surface area (Å²) in [6.07, 6.45) is 4.95. The molecule has 0 spiro atoms. The van der Waals surface area contributed by atoms with Crippen molar-refractivity contribution in [2.75, 3.05) is 5.32 Å². The highest BCUT2D eigenvalue weighted by Gasteiger charge is 2.21. The SMILES string of the molecule is NC1CCCCC1Nc1cc(Br)cs1. The van der Waals surface area contributed by atoms with Crippen molar-refractivity contribution in [3.8, 4) is 0 Å². The van der Waals surface area contributed by atoms with Gasteiger partial charge in [0.15, 0.2) is 0 Å². The van der Waals surface area contributed by atoms with Gasteiger partial charge in [0.25, 0.3) is 0 Å². The molecule has 0 amide bonds. The molecule has 0 saturated heterocycles. The number of rotatable bonds is 2.